The van der Waals surface area contributed by atoms with Crippen LogP contribution in [0.4, 0.5) is 0 Å². The van der Waals surface area contributed by atoms with Crippen LogP contribution in [0.3, 0.4) is 0 Å². The zero-order valence-electron chi connectivity index (χ0n) is 12.0. The normalized spacial score (nSPS) is 11.2. The number of carbonyl (C=O) groups is 1. The fourth-order valence-corrected chi connectivity index (χ4v) is 1.94. The first-order chi connectivity index (χ1) is 11.1. The quantitative estimate of drug-likeness (QED) is 0.672. The Bertz CT molecular complexity index is 747. The van der Waals surface area contributed by atoms with E-state index in [0.717, 1.165) is 10.6 Å². The van der Waals surface area contributed by atoms with Gasteiger partial charge in [-0.05, 0) is 12.1 Å². The van der Waals surface area contributed by atoms with Gasteiger partial charge in [-0.25, -0.2) is 4.98 Å². The summed E-state index contributed by atoms with van der Waals surface area (Å²) in [4.78, 5) is 14.7. The van der Waals surface area contributed by atoms with Gasteiger partial charge in [0.15, 0.2) is 5.25 Å². The van der Waals surface area contributed by atoms with Crippen molar-refractivity contribution >= 4 is 30.2 Å². The summed E-state index contributed by atoms with van der Waals surface area (Å²) in [5.41, 5.74) is 1.49. The average Bonchev–Trinajstić information content (AvgIpc) is 3.06. The SMILES string of the molecule is Clc1ccccc1.O=C(O)C(S)c1nc(-c2ccccc2)co1. The lowest BCUT2D eigenvalue weighted by Gasteiger charge is -1.97. The second-order valence-corrected chi connectivity index (χ2v) is 5.43. The second-order valence-electron chi connectivity index (χ2n) is 4.47. The zero-order valence-corrected chi connectivity index (χ0v) is 13.6. The molecule has 1 atom stereocenters. The Morgan fingerprint density at radius 2 is 1.65 bits per heavy atom. The molecule has 0 aliphatic heterocycles. The lowest BCUT2D eigenvalue weighted by Crippen LogP contribution is -2.05. The van der Waals surface area contributed by atoms with Crippen molar-refractivity contribution in [3.63, 3.8) is 0 Å². The van der Waals surface area contributed by atoms with E-state index >= 15 is 0 Å². The number of hydrogen-bond acceptors (Lipinski definition) is 4. The Morgan fingerprint density at radius 1 is 1.09 bits per heavy atom. The highest BCUT2D eigenvalue weighted by Crippen LogP contribution is 2.24. The van der Waals surface area contributed by atoms with Crippen molar-refractivity contribution in [1.29, 1.82) is 0 Å². The molecule has 23 heavy (non-hydrogen) atoms. The van der Waals surface area contributed by atoms with Crippen LogP contribution >= 0.6 is 24.2 Å². The Labute approximate surface area is 144 Å². The molecule has 0 radical (unpaired) electrons. The van der Waals surface area contributed by atoms with Crippen LogP contribution in [0.2, 0.25) is 5.02 Å². The van der Waals surface area contributed by atoms with Crippen LogP contribution in [-0.4, -0.2) is 16.1 Å². The van der Waals surface area contributed by atoms with Crippen LogP contribution < -0.4 is 0 Å². The van der Waals surface area contributed by atoms with Gasteiger partial charge in [0.05, 0.1) is 0 Å². The number of hydrogen-bond donors (Lipinski definition) is 2. The molecule has 0 fully saturated rings. The number of oxazole rings is 1. The van der Waals surface area contributed by atoms with Gasteiger partial charge in [-0.15, -0.1) is 0 Å². The fraction of sp³-hybridized carbons (Fsp3) is 0.0588. The Morgan fingerprint density at radius 3 is 2.13 bits per heavy atom. The van der Waals surface area contributed by atoms with Crippen LogP contribution in [0, 0.1) is 0 Å². The summed E-state index contributed by atoms with van der Waals surface area (Å²) in [6.45, 7) is 0. The van der Waals surface area contributed by atoms with Crippen LogP contribution in [0.15, 0.2) is 71.3 Å². The molecule has 0 saturated heterocycles. The molecule has 3 aromatic rings. The molecule has 0 saturated carbocycles. The largest absolute Gasteiger partial charge is 0.480 e. The summed E-state index contributed by atoms with van der Waals surface area (Å²) in [7, 11) is 0. The summed E-state index contributed by atoms with van der Waals surface area (Å²) in [6, 6.07) is 18.8. The van der Waals surface area contributed by atoms with Crippen LogP contribution in [0.1, 0.15) is 11.1 Å². The predicted octanol–water partition coefficient (Wildman–Crippen LogP) is 4.74. The lowest BCUT2D eigenvalue weighted by molar-refractivity contribution is -0.136. The molecular formula is C17H14ClNO3S. The molecule has 6 heteroatoms. The van der Waals surface area contributed by atoms with E-state index in [4.69, 9.17) is 21.1 Å². The number of rotatable bonds is 3. The van der Waals surface area contributed by atoms with Crippen molar-refractivity contribution in [1.82, 2.24) is 4.98 Å². The number of thiol groups is 1. The molecular weight excluding hydrogens is 334 g/mol. The first-order valence-electron chi connectivity index (χ1n) is 6.70. The van der Waals surface area contributed by atoms with Crippen molar-refractivity contribution in [3.8, 4) is 11.3 Å². The van der Waals surface area contributed by atoms with Crippen molar-refractivity contribution < 1.29 is 14.3 Å². The molecule has 118 valence electrons. The number of aromatic nitrogens is 1. The average molecular weight is 348 g/mol. The topological polar surface area (TPSA) is 63.3 Å². The van der Waals surface area contributed by atoms with Gasteiger partial charge in [0.1, 0.15) is 12.0 Å². The van der Waals surface area contributed by atoms with Gasteiger partial charge >= 0.3 is 5.97 Å². The van der Waals surface area contributed by atoms with Crippen molar-refractivity contribution in [3.05, 3.63) is 77.8 Å². The van der Waals surface area contributed by atoms with Gasteiger partial charge in [0.25, 0.3) is 0 Å². The van der Waals surface area contributed by atoms with Gasteiger partial charge in [-0.3, -0.25) is 4.79 Å². The molecule has 0 amide bonds. The third-order valence-corrected chi connectivity index (χ3v) is 3.49. The van der Waals surface area contributed by atoms with E-state index in [9.17, 15) is 4.79 Å². The Hall–Kier alpha value is -2.24. The lowest BCUT2D eigenvalue weighted by atomic mass is 10.2. The number of carboxylic acids is 1. The minimum Gasteiger partial charge on any atom is -0.480 e. The van der Waals surface area contributed by atoms with E-state index < -0.39 is 11.2 Å². The summed E-state index contributed by atoms with van der Waals surface area (Å²) >= 11 is 9.42. The molecule has 1 aromatic heterocycles. The van der Waals surface area contributed by atoms with Gasteiger partial charge < -0.3 is 9.52 Å². The zero-order chi connectivity index (χ0) is 16.7. The third-order valence-electron chi connectivity index (χ3n) is 2.79. The highest BCUT2D eigenvalue weighted by Gasteiger charge is 2.20. The maximum Gasteiger partial charge on any atom is 0.325 e. The van der Waals surface area contributed by atoms with Gasteiger partial charge in [-0.2, -0.15) is 12.6 Å². The van der Waals surface area contributed by atoms with E-state index in [2.05, 4.69) is 17.6 Å². The summed E-state index contributed by atoms with van der Waals surface area (Å²) in [5.74, 6) is -0.987. The van der Waals surface area contributed by atoms with Crippen LogP contribution in [0.5, 0.6) is 0 Å². The van der Waals surface area contributed by atoms with Crippen molar-refractivity contribution in [2.75, 3.05) is 0 Å². The van der Waals surface area contributed by atoms with Crippen LogP contribution in [-0.2, 0) is 4.79 Å². The first-order valence-corrected chi connectivity index (χ1v) is 7.59. The molecule has 4 nitrogen and oxygen atoms in total. The standard InChI is InChI=1S/C11H9NO3S.C6H5Cl/c13-11(14)9(16)10-12-8(6-15-10)7-4-2-1-3-5-7;7-6-4-2-1-3-5-6/h1-6,9,16H,(H,13,14);1-5H. The predicted molar refractivity (Wildman–Crippen MR) is 92.8 cm³/mol. The van der Waals surface area contributed by atoms with E-state index in [0.29, 0.717) is 5.69 Å². The minimum absolute atomic E-state index is 0.0923. The molecule has 1 heterocycles. The molecule has 2 aromatic carbocycles. The highest BCUT2D eigenvalue weighted by atomic mass is 35.5. The van der Waals surface area contributed by atoms with E-state index in [1.807, 2.05) is 60.7 Å². The number of benzene rings is 2. The number of carboxylic acid groups (broad SMARTS) is 1. The number of halogens is 1. The summed E-state index contributed by atoms with van der Waals surface area (Å²) in [6.07, 6.45) is 1.43. The Balaban J connectivity index is 0.000000229. The molecule has 1 unspecified atom stereocenters. The maximum absolute atomic E-state index is 10.7. The molecule has 3 rings (SSSR count). The summed E-state index contributed by atoms with van der Waals surface area (Å²) < 4.78 is 5.07. The minimum atomic E-state index is -1.08. The molecule has 0 bridgehead atoms. The first kappa shape index (κ1) is 17.1. The van der Waals surface area contributed by atoms with Gasteiger partial charge in [0, 0.05) is 10.6 Å². The fourth-order valence-electron chi connectivity index (χ4n) is 1.68. The second kappa shape index (κ2) is 8.41. The smallest absolute Gasteiger partial charge is 0.325 e. The molecule has 1 N–H and O–H groups in total. The third kappa shape index (κ3) is 5.16. The van der Waals surface area contributed by atoms with E-state index in [1.54, 1.807) is 0 Å². The summed E-state index contributed by atoms with van der Waals surface area (Å²) in [5, 5.41) is 8.50. The maximum atomic E-state index is 10.7. The Kier molecular flexibility index (Phi) is 6.26. The molecule has 0 aliphatic rings. The van der Waals surface area contributed by atoms with Crippen LogP contribution in [0.25, 0.3) is 11.3 Å². The van der Waals surface area contributed by atoms with Gasteiger partial charge in [0.2, 0.25) is 5.89 Å². The molecule has 0 spiro atoms. The van der Waals surface area contributed by atoms with Crippen molar-refractivity contribution in [2.45, 2.75) is 5.25 Å². The molecule has 0 aliphatic carbocycles. The monoisotopic (exact) mass is 347 g/mol. The van der Waals surface area contributed by atoms with Gasteiger partial charge in [-0.1, -0.05) is 60.1 Å². The van der Waals surface area contributed by atoms with E-state index in [-0.39, 0.29) is 5.89 Å². The van der Waals surface area contributed by atoms with Crippen molar-refractivity contribution in [2.24, 2.45) is 0 Å². The number of nitrogens with zero attached hydrogens (tertiary/aromatic N) is 1. The van der Waals surface area contributed by atoms with E-state index in [1.165, 1.54) is 6.26 Å². The number of aliphatic carboxylic acids is 1. The highest BCUT2D eigenvalue weighted by molar-refractivity contribution is 7.81.